The van der Waals surface area contributed by atoms with Gasteiger partial charge in [-0.25, -0.2) is 0 Å². The van der Waals surface area contributed by atoms with E-state index in [4.69, 9.17) is 0 Å². The zero-order chi connectivity index (χ0) is 33.7. The maximum atomic E-state index is 2.45. The molecule has 0 aromatic heterocycles. The average molecular weight is 640 g/mol. The van der Waals surface area contributed by atoms with Crippen molar-refractivity contribution in [1.29, 1.82) is 0 Å². The number of rotatable bonds is 6. The summed E-state index contributed by atoms with van der Waals surface area (Å²) in [6.07, 6.45) is 0. The minimum absolute atomic E-state index is 0.173. The quantitative estimate of drug-likeness (QED) is 0.175. The molecule has 238 valence electrons. The Morgan fingerprint density at radius 3 is 1.48 bits per heavy atom. The lowest BCUT2D eigenvalue weighted by Crippen LogP contribution is -2.16. The van der Waals surface area contributed by atoms with Crippen LogP contribution in [0.1, 0.15) is 25.0 Å². The average Bonchev–Trinajstić information content (AvgIpc) is 3.42. The van der Waals surface area contributed by atoms with Crippen LogP contribution in [0, 0.1) is 0 Å². The fourth-order valence-corrected chi connectivity index (χ4v) is 8.06. The lowest BCUT2D eigenvalue weighted by Gasteiger charge is -2.29. The number of hydrogen-bond acceptors (Lipinski definition) is 1. The van der Waals surface area contributed by atoms with E-state index in [0.717, 1.165) is 11.4 Å². The van der Waals surface area contributed by atoms with Crippen molar-refractivity contribution >= 4 is 27.8 Å². The first-order valence-corrected chi connectivity index (χ1v) is 17.4. The molecular weight excluding hydrogens is 603 g/mol. The van der Waals surface area contributed by atoms with Crippen LogP contribution in [0.25, 0.3) is 55.3 Å². The third kappa shape index (κ3) is 4.94. The number of fused-ring (bicyclic) bond motifs is 5. The third-order valence-corrected chi connectivity index (χ3v) is 10.4. The molecule has 0 saturated carbocycles. The van der Waals surface area contributed by atoms with Crippen LogP contribution >= 0.6 is 0 Å². The van der Waals surface area contributed by atoms with Crippen LogP contribution < -0.4 is 4.90 Å². The van der Waals surface area contributed by atoms with Crippen LogP contribution in [0.15, 0.2) is 188 Å². The molecule has 50 heavy (non-hydrogen) atoms. The zero-order valence-electron chi connectivity index (χ0n) is 28.3. The van der Waals surface area contributed by atoms with Crippen molar-refractivity contribution < 1.29 is 0 Å². The van der Waals surface area contributed by atoms with Crippen molar-refractivity contribution in [2.24, 2.45) is 0 Å². The lowest BCUT2D eigenvalue weighted by molar-refractivity contribution is 0.666. The van der Waals surface area contributed by atoms with Crippen molar-refractivity contribution in [3.8, 4) is 44.5 Å². The van der Waals surface area contributed by atoms with E-state index < -0.39 is 0 Å². The Bertz CT molecular complexity index is 2460. The Balaban J connectivity index is 1.20. The molecule has 0 heterocycles. The molecule has 0 fully saturated rings. The van der Waals surface area contributed by atoms with Crippen molar-refractivity contribution in [2.75, 3.05) is 4.90 Å². The summed E-state index contributed by atoms with van der Waals surface area (Å²) in [5, 5.41) is 2.62. The molecule has 0 saturated heterocycles. The van der Waals surface area contributed by atoms with E-state index in [2.05, 4.69) is 207 Å². The second-order valence-electron chi connectivity index (χ2n) is 13.7. The molecule has 1 aliphatic carbocycles. The van der Waals surface area contributed by atoms with E-state index in [1.54, 1.807) is 0 Å². The molecule has 1 nitrogen and oxygen atoms in total. The van der Waals surface area contributed by atoms with E-state index in [1.807, 2.05) is 0 Å². The van der Waals surface area contributed by atoms with E-state index in [1.165, 1.54) is 72.1 Å². The van der Waals surface area contributed by atoms with Crippen LogP contribution in [0.4, 0.5) is 17.1 Å². The van der Waals surface area contributed by atoms with E-state index in [0.29, 0.717) is 0 Å². The van der Waals surface area contributed by atoms with Gasteiger partial charge in [-0.1, -0.05) is 166 Å². The van der Waals surface area contributed by atoms with Crippen LogP contribution in [0.3, 0.4) is 0 Å². The molecule has 0 spiro atoms. The molecular formula is C49H37N. The van der Waals surface area contributed by atoms with Gasteiger partial charge in [-0.2, -0.15) is 0 Å². The fraction of sp³-hybridized carbons (Fsp3) is 0.0612. The molecule has 0 N–H and O–H groups in total. The standard InChI is InChI=1S/C49H37N/c1-49(2)45-23-14-24-46(47(45)44-33-43(38-17-8-4-9-18-38)41-21-12-13-22-42(41)48(44)49)50(39-19-10-5-11-20-39)40-31-29-37(30-32-40)36-27-25-35(26-28-36)34-15-6-3-7-16-34/h3-33H,1-2H3. The van der Waals surface area contributed by atoms with Gasteiger partial charge in [0.15, 0.2) is 0 Å². The molecule has 0 bridgehead atoms. The van der Waals surface area contributed by atoms with E-state index in [-0.39, 0.29) is 5.41 Å². The lowest BCUT2D eigenvalue weighted by atomic mass is 9.79. The van der Waals surface area contributed by atoms with Gasteiger partial charge in [-0.3, -0.25) is 0 Å². The van der Waals surface area contributed by atoms with Crippen molar-refractivity contribution in [1.82, 2.24) is 0 Å². The molecule has 1 aliphatic rings. The van der Waals surface area contributed by atoms with Gasteiger partial charge in [0.1, 0.15) is 0 Å². The highest BCUT2D eigenvalue weighted by molar-refractivity contribution is 6.08. The maximum Gasteiger partial charge on any atom is 0.0543 e. The largest absolute Gasteiger partial charge is 0.310 e. The number of para-hydroxylation sites is 1. The van der Waals surface area contributed by atoms with Gasteiger partial charge in [-0.05, 0) is 97.2 Å². The van der Waals surface area contributed by atoms with E-state index in [9.17, 15) is 0 Å². The summed E-state index contributed by atoms with van der Waals surface area (Å²) in [6, 6.07) is 68.4. The van der Waals surface area contributed by atoms with Gasteiger partial charge in [-0.15, -0.1) is 0 Å². The smallest absolute Gasteiger partial charge is 0.0543 e. The third-order valence-electron chi connectivity index (χ3n) is 10.4. The summed E-state index contributed by atoms with van der Waals surface area (Å²) in [4.78, 5) is 2.43. The molecule has 0 atom stereocenters. The molecule has 0 aliphatic heterocycles. The monoisotopic (exact) mass is 639 g/mol. The molecule has 0 unspecified atom stereocenters. The van der Waals surface area contributed by atoms with Gasteiger partial charge < -0.3 is 4.90 Å². The van der Waals surface area contributed by atoms with Crippen molar-refractivity contribution in [3.05, 3.63) is 199 Å². The highest BCUT2D eigenvalue weighted by atomic mass is 15.1. The summed E-state index contributed by atoms with van der Waals surface area (Å²) >= 11 is 0. The van der Waals surface area contributed by atoms with Gasteiger partial charge in [0.25, 0.3) is 0 Å². The van der Waals surface area contributed by atoms with Crippen molar-refractivity contribution in [2.45, 2.75) is 19.3 Å². The van der Waals surface area contributed by atoms with Gasteiger partial charge in [0, 0.05) is 22.4 Å². The van der Waals surface area contributed by atoms with Gasteiger partial charge in [0.2, 0.25) is 0 Å². The zero-order valence-corrected chi connectivity index (χ0v) is 28.3. The maximum absolute atomic E-state index is 2.45. The van der Waals surface area contributed by atoms with Crippen LogP contribution in [-0.2, 0) is 5.41 Å². The molecule has 8 aromatic rings. The summed E-state index contributed by atoms with van der Waals surface area (Å²) in [5.74, 6) is 0. The second-order valence-corrected chi connectivity index (χ2v) is 13.7. The molecule has 8 aromatic carbocycles. The number of benzene rings is 8. The highest BCUT2D eigenvalue weighted by Gasteiger charge is 2.40. The summed E-state index contributed by atoms with van der Waals surface area (Å²) in [6.45, 7) is 4.78. The number of nitrogens with zero attached hydrogens (tertiary/aromatic N) is 1. The van der Waals surface area contributed by atoms with Crippen molar-refractivity contribution in [3.63, 3.8) is 0 Å². The van der Waals surface area contributed by atoms with Gasteiger partial charge in [0.05, 0.1) is 5.69 Å². The number of hydrogen-bond donors (Lipinski definition) is 0. The molecule has 0 amide bonds. The minimum atomic E-state index is -0.173. The van der Waals surface area contributed by atoms with Crippen LogP contribution in [0.5, 0.6) is 0 Å². The van der Waals surface area contributed by atoms with Gasteiger partial charge >= 0.3 is 0 Å². The Labute approximate surface area is 294 Å². The Kier molecular flexibility index (Phi) is 7.21. The van der Waals surface area contributed by atoms with Crippen LogP contribution in [0.2, 0.25) is 0 Å². The fourth-order valence-electron chi connectivity index (χ4n) is 8.06. The summed E-state index contributed by atoms with van der Waals surface area (Å²) in [7, 11) is 0. The number of anilines is 3. The minimum Gasteiger partial charge on any atom is -0.310 e. The Morgan fingerprint density at radius 1 is 0.380 bits per heavy atom. The Hall–Kier alpha value is -6.18. The van der Waals surface area contributed by atoms with Crippen LogP contribution in [-0.4, -0.2) is 0 Å². The normalized spacial score (nSPS) is 12.8. The Morgan fingerprint density at radius 2 is 0.860 bits per heavy atom. The molecule has 9 rings (SSSR count). The van der Waals surface area contributed by atoms with E-state index >= 15 is 0 Å². The predicted molar refractivity (Wildman–Crippen MR) is 213 cm³/mol. The first-order valence-electron chi connectivity index (χ1n) is 17.4. The molecule has 1 heteroatoms. The first-order chi connectivity index (χ1) is 24.6. The topological polar surface area (TPSA) is 3.24 Å². The molecule has 0 radical (unpaired) electrons. The highest BCUT2D eigenvalue weighted by Crippen LogP contribution is 2.57. The summed E-state index contributed by atoms with van der Waals surface area (Å²) in [5.41, 5.74) is 16.0. The summed E-state index contributed by atoms with van der Waals surface area (Å²) < 4.78 is 0. The second kappa shape index (κ2) is 12.1. The predicted octanol–water partition coefficient (Wildman–Crippen LogP) is 13.6. The SMILES string of the molecule is CC1(C)c2cccc(N(c3ccccc3)c3ccc(-c4ccc(-c5ccccc5)cc4)cc3)c2-c2cc(-c3ccccc3)c3ccccc3c21. The first kappa shape index (κ1) is 29.9.